The van der Waals surface area contributed by atoms with Crippen LogP contribution in [0.1, 0.15) is 25.7 Å². The third-order valence-corrected chi connectivity index (χ3v) is 3.00. The molecule has 0 atom stereocenters. The summed E-state index contributed by atoms with van der Waals surface area (Å²) in [6.45, 7) is 0.368. The molecule has 0 bridgehead atoms. The number of methoxy groups -OCH3 is 1. The van der Waals surface area contributed by atoms with E-state index in [9.17, 15) is 0 Å². The Bertz CT molecular complexity index is 122. The van der Waals surface area contributed by atoms with E-state index in [0.717, 1.165) is 25.7 Å². The number of rotatable bonds is 3. The fourth-order valence-corrected chi connectivity index (χ4v) is 1.81. The summed E-state index contributed by atoms with van der Waals surface area (Å²) in [5.74, 6) is 0.417. The van der Waals surface area contributed by atoms with Crippen molar-refractivity contribution in [3.63, 3.8) is 0 Å². The zero-order chi connectivity index (χ0) is 9.03. The van der Waals surface area contributed by atoms with Gasteiger partial charge in [-0.05, 0) is 31.6 Å². The van der Waals surface area contributed by atoms with E-state index < -0.39 is 0 Å². The molecule has 0 aromatic carbocycles. The molecule has 0 unspecified atom stereocenters. The summed E-state index contributed by atoms with van der Waals surface area (Å²) in [5.41, 5.74) is -0.314. The molecule has 2 N–H and O–H groups in total. The van der Waals surface area contributed by atoms with E-state index in [-0.39, 0.29) is 18.8 Å². The molecular weight excluding hydrogens is 156 g/mol. The highest BCUT2D eigenvalue weighted by Gasteiger charge is 2.34. The lowest BCUT2D eigenvalue weighted by Gasteiger charge is -2.37. The van der Waals surface area contributed by atoms with E-state index >= 15 is 0 Å². The molecule has 0 saturated heterocycles. The van der Waals surface area contributed by atoms with E-state index in [1.807, 2.05) is 0 Å². The molecule has 1 fully saturated rings. The van der Waals surface area contributed by atoms with Gasteiger partial charge < -0.3 is 14.9 Å². The first kappa shape index (κ1) is 9.96. The van der Waals surface area contributed by atoms with E-state index in [4.69, 9.17) is 14.9 Å². The van der Waals surface area contributed by atoms with Crippen molar-refractivity contribution in [1.82, 2.24) is 0 Å². The van der Waals surface area contributed by atoms with Gasteiger partial charge in [-0.1, -0.05) is 0 Å². The first-order valence-corrected chi connectivity index (χ1v) is 4.53. The van der Waals surface area contributed by atoms with Gasteiger partial charge in [0.2, 0.25) is 0 Å². The predicted octanol–water partition coefficient (Wildman–Crippen LogP) is 0.546. The smallest absolute Gasteiger partial charge is 0.0908 e. The Morgan fingerprint density at radius 1 is 1.33 bits per heavy atom. The van der Waals surface area contributed by atoms with Gasteiger partial charge in [0.1, 0.15) is 0 Å². The quantitative estimate of drug-likeness (QED) is 0.656. The molecule has 1 aliphatic rings. The average Bonchev–Trinajstić information content (AvgIpc) is 2.18. The highest BCUT2D eigenvalue weighted by molar-refractivity contribution is 4.86. The van der Waals surface area contributed by atoms with Crippen LogP contribution in [0.2, 0.25) is 0 Å². The Hall–Kier alpha value is -0.120. The molecule has 3 heteroatoms. The van der Waals surface area contributed by atoms with Crippen LogP contribution in [0, 0.1) is 5.92 Å². The molecule has 0 aromatic rings. The third-order valence-electron chi connectivity index (χ3n) is 3.00. The van der Waals surface area contributed by atoms with Gasteiger partial charge in [-0.2, -0.15) is 0 Å². The fourth-order valence-electron chi connectivity index (χ4n) is 1.81. The zero-order valence-electron chi connectivity index (χ0n) is 7.62. The Balaban J connectivity index is 2.42. The van der Waals surface area contributed by atoms with Crippen LogP contribution in [0.15, 0.2) is 0 Å². The number of hydrogen-bond donors (Lipinski definition) is 2. The standard InChI is InChI=1S/C9H18O3/c1-12-9(7-11)4-2-8(6-10)3-5-9/h8,10-11H,2-7H2,1H3. The first-order chi connectivity index (χ1) is 5.76. The molecule has 0 aromatic heterocycles. The minimum Gasteiger partial charge on any atom is -0.396 e. The second kappa shape index (κ2) is 4.21. The summed E-state index contributed by atoms with van der Waals surface area (Å²) in [6, 6.07) is 0. The van der Waals surface area contributed by atoms with Crippen molar-refractivity contribution >= 4 is 0 Å². The Morgan fingerprint density at radius 2 is 1.92 bits per heavy atom. The lowest BCUT2D eigenvalue weighted by Crippen LogP contribution is -2.40. The molecule has 1 saturated carbocycles. The van der Waals surface area contributed by atoms with Crippen molar-refractivity contribution in [3.05, 3.63) is 0 Å². The molecule has 0 heterocycles. The zero-order valence-corrected chi connectivity index (χ0v) is 7.62. The first-order valence-electron chi connectivity index (χ1n) is 4.53. The molecule has 72 valence electrons. The molecule has 0 radical (unpaired) electrons. The van der Waals surface area contributed by atoms with Gasteiger partial charge in [0.15, 0.2) is 0 Å². The molecule has 12 heavy (non-hydrogen) atoms. The lowest BCUT2D eigenvalue weighted by atomic mass is 9.79. The van der Waals surface area contributed by atoms with Crippen molar-refractivity contribution in [2.45, 2.75) is 31.3 Å². The van der Waals surface area contributed by atoms with Gasteiger partial charge in [0.25, 0.3) is 0 Å². The van der Waals surface area contributed by atoms with Crippen molar-refractivity contribution in [3.8, 4) is 0 Å². The SMILES string of the molecule is COC1(CO)CCC(CO)CC1. The van der Waals surface area contributed by atoms with Crippen LogP contribution in [0.4, 0.5) is 0 Å². The monoisotopic (exact) mass is 174 g/mol. The summed E-state index contributed by atoms with van der Waals surface area (Å²) < 4.78 is 5.29. The van der Waals surface area contributed by atoms with Crippen LogP contribution in [-0.4, -0.2) is 36.1 Å². The summed E-state index contributed by atoms with van der Waals surface area (Å²) in [7, 11) is 1.65. The topological polar surface area (TPSA) is 49.7 Å². The van der Waals surface area contributed by atoms with E-state index in [1.165, 1.54) is 0 Å². The number of ether oxygens (including phenoxy) is 1. The van der Waals surface area contributed by atoms with E-state index in [0.29, 0.717) is 5.92 Å². The van der Waals surface area contributed by atoms with Crippen LogP contribution in [-0.2, 0) is 4.74 Å². The van der Waals surface area contributed by atoms with Crippen LogP contribution in [0.25, 0.3) is 0 Å². The van der Waals surface area contributed by atoms with Gasteiger partial charge in [-0.25, -0.2) is 0 Å². The molecule has 3 nitrogen and oxygen atoms in total. The van der Waals surface area contributed by atoms with Gasteiger partial charge >= 0.3 is 0 Å². The van der Waals surface area contributed by atoms with Crippen LogP contribution in [0.3, 0.4) is 0 Å². The maximum absolute atomic E-state index is 9.11. The number of aliphatic hydroxyl groups excluding tert-OH is 2. The fraction of sp³-hybridized carbons (Fsp3) is 1.00. The van der Waals surface area contributed by atoms with Crippen molar-refractivity contribution in [2.24, 2.45) is 5.92 Å². The Labute approximate surface area is 73.4 Å². The van der Waals surface area contributed by atoms with Crippen molar-refractivity contribution in [2.75, 3.05) is 20.3 Å². The molecule has 0 amide bonds. The van der Waals surface area contributed by atoms with Crippen molar-refractivity contribution in [1.29, 1.82) is 0 Å². The van der Waals surface area contributed by atoms with Gasteiger partial charge in [-0.3, -0.25) is 0 Å². The third kappa shape index (κ3) is 1.97. The van der Waals surface area contributed by atoms with Crippen LogP contribution < -0.4 is 0 Å². The number of aliphatic hydroxyl groups is 2. The Morgan fingerprint density at radius 3 is 2.25 bits per heavy atom. The van der Waals surface area contributed by atoms with E-state index in [2.05, 4.69) is 0 Å². The molecular formula is C9H18O3. The second-order valence-electron chi connectivity index (χ2n) is 3.67. The Kier molecular flexibility index (Phi) is 3.50. The van der Waals surface area contributed by atoms with Crippen LogP contribution in [0.5, 0.6) is 0 Å². The molecule has 1 aliphatic carbocycles. The molecule has 1 rings (SSSR count). The normalized spacial score (nSPS) is 36.8. The van der Waals surface area contributed by atoms with Gasteiger partial charge in [0.05, 0.1) is 12.2 Å². The maximum Gasteiger partial charge on any atom is 0.0908 e. The number of hydrogen-bond acceptors (Lipinski definition) is 3. The predicted molar refractivity (Wildman–Crippen MR) is 45.9 cm³/mol. The van der Waals surface area contributed by atoms with E-state index in [1.54, 1.807) is 7.11 Å². The maximum atomic E-state index is 9.11. The summed E-state index contributed by atoms with van der Waals surface area (Å²) in [6.07, 6.45) is 3.66. The largest absolute Gasteiger partial charge is 0.396 e. The molecule has 0 aliphatic heterocycles. The minimum atomic E-state index is -0.314. The highest BCUT2D eigenvalue weighted by atomic mass is 16.5. The molecule has 0 spiro atoms. The summed E-state index contributed by atoms with van der Waals surface area (Å²) in [5, 5.41) is 18.0. The van der Waals surface area contributed by atoms with Gasteiger partial charge in [-0.15, -0.1) is 0 Å². The highest BCUT2D eigenvalue weighted by Crippen LogP contribution is 2.33. The average molecular weight is 174 g/mol. The second-order valence-corrected chi connectivity index (χ2v) is 3.67. The van der Waals surface area contributed by atoms with Crippen molar-refractivity contribution < 1.29 is 14.9 Å². The summed E-state index contributed by atoms with van der Waals surface area (Å²) in [4.78, 5) is 0. The van der Waals surface area contributed by atoms with Crippen LogP contribution >= 0.6 is 0 Å². The lowest BCUT2D eigenvalue weighted by molar-refractivity contribution is -0.0863. The summed E-state index contributed by atoms with van der Waals surface area (Å²) >= 11 is 0. The van der Waals surface area contributed by atoms with Gasteiger partial charge in [0, 0.05) is 13.7 Å². The minimum absolute atomic E-state index is 0.0989.